The average molecular weight is 275 g/mol. The number of halogens is 2. The predicted molar refractivity (Wildman–Crippen MR) is 74.8 cm³/mol. The fourth-order valence-electron chi connectivity index (χ4n) is 2.10. The first-order valence-electron chi connectivity index (χ1n) is 6.31. The molecule has 3 nitrogen and oxygen atoms in total. The van der Waals surface area contributed by atoms with E-state index < -0.39 is 11.6 Å². The molecule has 20 heavy (non-hydrogen) atoms. The summed E-state index contributed by atoms with van der Waals surface area (Å²) in [6.45, 7) is 2.29. The monoisotopic (exact) mass is 275 g/mol. The minimum Gasteiger partial charge on any atom is -0.383 e. The Kier molecular flexibility index (Phi) is 4.04. The molecule has 2 N–H and O–H groups in total. The highest BCUT2D eigenvalue weighted by molar-refractivity contribution is 5.71. The molecule has 1 aromatic carbocycles. The van der Waals surface area contributed by atoms with Gasteiger partial charge in [0, 0.05) is 18.1 Å². The summed E-state index contributed by atoms with van der Waals surface area (Å²) < 4.78 is 28.3. The molecule has 0 aliphatic rings. The van der Waals surface area contributed by atoms with Crippen LogP contribution in [0.4, 0.5) is 14.6 Å². The Balaban J connectivity index is 2.57. The fraction of sp³-hybridized carbons (Fsp3) is 0.267. The summed E-state index contributed by atoms with van der Waals surface area (Å²) in [6.07, 6.45) is 6.89. The number of hydrogen-bond acceptors (Lipinski definition) is 2. The molecule has 1 heterocycles. The van der Waals surface area contributed by atoms with Crippen molar-refractivity contribution in [1.82, 2.24) is 9.55 Å². The van der Waals surface area contributed by atoms with Crippen LogP contribution in [0.2, 0.25) is 0 Å². The molecular formula is C15H15F2N3. The number of imidazole rings is 1. The zero-order valence-corrected chi connectivity index (χ0v) is 11.2. The van der Waals surface area contributed by atoms with Gasteiger partial charge in [0.2, 0.25) is 0 Å². The van der Waals surface area contributed by atoms with Gasteiger partial charge < -0.3 is 10.3 Å². The molecule has 0 spiro atoms. The molecule has 0 saturated carbocycles. The summed E-state index contributed by atoms with van der Waals surface area (Å²) in [5, 5.41) is 0. The second-order valence-corrected chi connectivity index (χ2v) is 4.46. The third kappa shape index (κ3) is 2.64. The van der Waals surface area contributed by atoms with Crippen LogP contribution in [-0.2, 0) is 13.0 Å². The molecule has 0 amide bonds. The van der Waals surface area contributed by atoms with Crippen LogP contribution < -0.4 is 5.73 Å². The van der Waals surface area contributed by atoms with E-state index in [-0.39, 0.29) is 6.54 Å². The van der Waals surface area contributed by atoms with Crippen molar-refractivity contribution in [3.8, 4) is 23.6 Å². The van der Waals surface area contributed by atoms with E-state index in [2.05, 4.69) is 10.9 Å². The van der Waals surface area contributed by atoms with Crippen molar-refractivity contribution < 1.29 is 8.78 Å². The number of nitrogens with two attached hydrogens (primary N) is 1. The van der Waals surface area contributed by atoms with E-state index in [1.807, 2.05) is 6.92 Å². The Bertz CT molecular complexity index is 648. The Morgan fingerprint density at radius 2 is 1.95 bits per heavy atom. The highest BCUT2D eigenvalue weighted by Gasteiger charge is 2.16. The van der Waals surface area contributed by atoms with Gasteiger partial charge in [-0.2, -0.15) is 0 Å². The van der Waals surface area contributed by atoms with Gasteiger partial charge in [-0.15, -0.1) is 6.42 Å². The number of anilines is 1. The van der Waals surface area contributed by atoms with Crippen LogP contribution >= 0.6 is 0 Å². The van der Waals surface area contributed by atoms with E-state index >= 15 is 0 Å². The largest absolute Gasteiger partial charge is 0.383 e. The predicted octanol–water partition coefficient (Wildman–Crippen LogP) is 3.00. The number of nitrogens with zero attached hydrogens (tertiary/aromatic N) is 2. The number of aromatic nitrogens is 2. The molecule has 0 radical (unpaired) electrons. The Morgan fingerprint density at radius 3 is 2.50 bits per heavy atom. The first-order chi connectivity index (χ1) is 9.56. The maximum absolute atomic E-state index is 13.3. The molecule has 5 heteroatoms. The quantitative estimate of drug-likeness (QED) is 0.872. The standard InChI is InChI=1S/C15H15F2N3/c1-3-5-13-19-14(15(18)20(13)6-4-2)10-7-11(16)9-12(17)8-10/h2,7-9H,3,5-6,18H2,1H3. The van der Waals surface area contributed by atoms with E-state index in [0.717, 1.165) is 18.3 Å². The van der Waals surface area contributed by atoms with Crippen LogP contribution in [-0.4, -0.2) is 9.55 Å². The van der Waals surface area contributed by atoms with Crippen LogP contribution in [0.1, 0.15) is 19.2 Å². The number of nitrogen functional groups attached to an aromatic ring is 1. The Hall–Kier alpha value is -2.35. The lowest BCUT2D eigenvalue weighted by molar-refractivity contribution is 0.584. The molecule has 0 unspecified atom stereocenters. The molecule has 0 aliphatic carbocycles. The van der Waals surface area contributed by atoms with E-state index in [1.165, 1.54) is 12.1 Å². The third-order valence-corrected chi connectivity index (χ3v) is 2.94. The maximum Gasteiger partial charge on any atom is 0.132 e. The maximum atomic E-state index is 13.3. The molecule has 1 aromatic heterocycles. The first-order valence-corrected chi connectivity index (χ1v) is 6.31. The van der Waals surface area contributed by atoms with Crippen LogP contribution in [0, 0.1) is 24.0 Å². The van der Waals surface area contributed by atoms with Crippen LogP contribution in [0.5, 0.6) is 0 Å². The van der Waals surface area contributed by atoms with E-state index in [4.69, 9.17) is 12.2 Å². The normalized spacial score (nSPS) is 10.5. The minimum absolute atomic E-state index is 0.284. The van der Waals surface area contributed by atoms with E-state index in [9.17, 15) is 8.78 Å². The van der Waals surface area contributed by atoms with Crippen molar-refractivity contribution in [2.75, 3.05) is 5.73 Å². The van der Waals surface area contributed by atoms with E-state index in [0.29, 0.717) is 23.5 Å². The fourth-order valence-corrected chi connectivity index (χ4v) is 2.10. The lowest BCUT2D eigenvalue weighted by Crippen LogP contribution is -2.06. The van der Waals surface area contributed by atoms with Crippen molar-refractivity contribution in [3.05, 3.63) is 35.7 Å². The summed E-state index contributed by atoms with van der Waals surface area (Å²) in [4.78, 5) is 4.38. The smallest absolute Gasteiger partial charge is 0.132 e. The highest BCUT2D eigenvalue weighted by atomic mass is 19.1. The summed E-state index contributed by atoms with van der Waals surface area (Å²) >= 11 is 0. The van der Waals surface area contributed by atoms with Crippen molar-refractivity contribution >= 4 is 5.82 Å². The van der Waals surface area contributed by atoms with E-state index in [1.54, 1.807) is 4.57 Å². The molecule has 2 rings (SSSR count). The van der Waals surface area contributed by atoms with Gasteiger partial charge in [0.15, 0.2) is 0 Å². The van der Waals surface area contributed by atoms with Gasteiger partial charge in [-0.1, -0.05) is 12.8 Å². The molecule has 0 aliphatic heterocycles. The summed E-state index contributed by atoms with van der Waals surface area (Å²) in [6, 6.07) is 3.22. The van der Waals surface area contributed by atoms with Crippen molar-refractivity contribution in [2.24, 2.45) is 0 Å². The van der Waals surface area contributed by atoms with Crippen LogP contribution in [0.25, 0.3) is 11.3 Å². The molecular weight excluding hydrogens is 260 g/mol. The van der Waals surface area contributed by atoms with Gasteiger partial charge in [0.25, 0.3) is 0 Å². The third-order valence-electron chi connectivity index (χ3n) is 2.94. The van der Waals surface area contributed by atoms with Gasteiger partial charge in [0.05, 0.1) is 6.54 Å². The topological polar surface area (TPSA) is 43.8 Å². The van der Waals surface area contributed by atoms with Crippen molar-refractivity contribution in [2.45, 2.75) is 26.3 Å². The zero-order chi connectivity index (χ0) is 14.7. The summed E-state index contributed by atoms with van der Waals surface area (Å²) in [5.41, 5.74) is 6.69. The second-order valence-electron chi connectivity index (χ2n) is 4.46. The van der Waals surface area contributed by atoms with Crippen molar-refractivity contribution in [3.63, 3.8) is 0 Å². The number of benzene rings is 1. The molecule has 0 atom stereocenters. The summed E-state index contributed by atoms with van der Waals surface area (Å²) in [7, 11) is 0. The second kappa shape index (κ2) is 5.74. The number of hydrogen-bond donors (Lipinski definition) is 1. The lowest BCUT2D eigenvalue weighted by atomic mass is 10.1. The Morgan fingerprint density at radius 1 is 1.30 bits per heavy atom. The zero-order valence-electron chi connectivity index (χ0n) is 11.2. The van der Waals surface area contributed by atoms with Gasteiger partial charge in [-0.3, -0.25) is 0 Å². The average Bonchev–Trinajstić information content (AvgIpc) is 2.67. The first kappa shape index (κ1) is 14.1. The van der Waals surface area contributed by atoms with Crippen molar-refractivity contribution in [1.29, 1.82) is 0 Å². The van der Waals surface area contributed by atoms with Gasteiger partial charge in [-0.25, -0.2) is 13.8 Å². The SMILES string of the molecule is C#CCn1c(CCC)nc(-c2cc(F)cc(F)c2)c1N. The van der Waals surface area contributed by atoms with Gasteiger partial charge in [0.1, 0.15) is 29.0 Å². The number of aryl methyl sites for hydroxylation is 1. The Labute approximate surface area is 116 Å². The molecule has 104 valence electrons. The molecule has 0 bridgehead atoms. The lowest BCUT2D eigenvalue weighted by Gasteiger charge is -2.05. The number of terminal acetylenes is 1. The van der Waals surface area contributed by atoms with Crippen LogP contribution in [0.15, 0.2) is 18.2 Å². The van der Waals surface area contributed by atoms with Crippen LogP contribution in [0.3, 0.4) is 0 Å². The minimum atomic E-state index is -0.664. The highest BCUT2D eigenvalue weighted by Crippen LogP contribution is 2.28. The molecule has 2 aromatic rings. The van der Waals surface area contributed by atoms with Gasteiger partial charge >= 0.3 is 0 Å². The number of rotatable bonds is 4. The molecule has 0 saturated heterocycles. The summed E-state index contributed by atoms with van der Waals surface area (Å²) in [5.74, 6) is 2.23. The van der Waals surface area contributed by atoms with Gasteiger partial charge in [-0.05, 0) is 18.6 Å². The molecule has 0 fully saturated rings.